The summed E-state index contributed by atoms with van der Waals surface area (Å²) < 4.78 is 12.9. The van der Waals surface area contributed by atoms with E-state index >= 15 is 0 Å². The highest BCUT2D eigenvalue weighted by molar-refractivity contribution is 6.12. The summed E-state index contributed by atoms with van der Waals surface area (Å²) in [6, 6.07) is 5.90. The molecular weight excluding hydrogens is 356 g/mol. The van der Waals surface area contributed by atoms with Gasteiger partial charge in [-0.2, -0.15) is 5.10 Å². The smallest absolute Gasteiger partial charge is 0.257 e. The van der Waals surface area contributed by atoms with Crippen LogP contribution >= 0.6 is 0 Å². The quantitative estimate of drug-likeness (QED) is 0.859. The second-order valence-corrected chi connectivity index (χ2v) is 7.19. The van der Waals surface area contributed by atoms with Gasteiger partial charge in [0.25, 0.3) is 5.91 Å². The molecule has 1 saturated carbocycles. The van der Waals surface area contributed by atoms with Crippen LogP contribution < -0.4 is 14.8 Å². The monoisotopic (exact) mass is 382 g/mol. The zero-order chi connectivity index (χ0) is 19.7. The summed E-state index contributed by atoms with van der Waals surface area (Å²) in [6.45, 7) is 2.35. The summed E-state index contributed by atoms with van der Waals surface area (Å²) in [4.78, 5) is 17.8. The van der Waals surface area contributed by atoms with Gasteiger partial charge in [0.1, 0.15) is 17.1 Å². The van der Waals surface area contributed by atoms with Gasteiger partial charge in [0.2, 0.25) is 0 Å². The third-order valence-corrected chi connectivity index (χ3v) is 5.56. The minimum atomic E-state index is -0.114. The summed E-state index contributed by atoms with van der Waals surface area (Å²) in [6.07, 6.45) is 5.22. The average Bonchev–Trinajstić information content (AvgIpc) is 3.34. The molecule has 2 heterocycles. The van der Waals surface area contributed by atoms with Crippen molar-refractivity contribution in [2.24, 2.45) is 4.99 Å². The second kappa shape index (κ2) is 7.66. The highest BCUT2D eigenvalue weighted by Gasteiger charge is 2.30. The lowest BCUT2D eigenvalue weighted by Gasteiger charge is -2.14. The Morgan fingerprint density at radius 2 is 2.00 bits per heavy atom. The van der Waals surface area contributed by atoms with E-state index in [0.29, 0.717) is 41.9 Å². The number of carbonyl (C=O) groups excluding carboxylic acids is 1. The summed E-state index contributed by atoms with van der Waals surface area (Å²) >= 11 is 0. The molecule has 0 radical (unpaired) electrons. The van der Waals surface area contributed by atoms with E-state index in [0.717, 1.165) is 29.8 Å². The number of hydrogen-bond acceptors (Lipinski definition) is 5. The van der Waals surface area contributed by atoms with Gasteiger partial charge in [0, 0.05) is 5.56 Å². The molecule has 1 aliphatic heterocycles. The molecule has 2 aliphatic rings. The molecule has 0 saturated heterocycles. The van der Waals surface area contributed by atoms with Crippen molar-refractivity contribution in [2.45, 2.75) is 45.1 Å². The van der Waals surface area contributed by atoms with Gasteiger partial charge in [-0.15, -0.1) is 0 Å². The van der Waals surface area contributed by atoms with Gasteiger partial charge in [-0.05, 0) is 37.5 Å². The molecule has 7 heteroatoms. The summed E-state index contributed by atoms with van der Waals surface area (Å²) in [7, 11) is 3.26. The van der Waals surface area contributed by atoms with E-state index in [4.69, 9.17) is 19.6 Å². The SMILES string of the molecule is CCc1nn(C2CCCC2)c2c1C(=O)NCC(c1cc(OC)ccc1OC)=N2. The lowest BCUT2D eigenvalue weighted by molar-refractivity contribution is 0.0960. The number of rotatable bonds is 5. The van der Waals surface area contributed by atoms with Crippen LogP contribution in [0, 0.1) is 0 Å². The Morgan fingerprint density at radius 1 is 1.21 bits per heavy atom. The van der Waals surface area contributed by atoms with Crippen molar-refractivity contribution in [1.82, 2.24) is 15.1 Å². The van der Waals surface area contributed by atoms with E-state index in [2.05, 4.69) is 5.32 Å². The van der Waals surface area contributed by atoms with Crippen LogP contribution in [-0.2, 0) is 6.42 Å². The molecule has 1 aliphatic carbocycles. The minimum absolute atomic E-state index is 0.114. The molecule has 1 aromatic heterocycles. The third kappa shape index (κ3) is 3.15. The molecule has 0 bridgehead atoms. The van der Waals surface area contributed by atoms with Gasteiger partial charge < -0.3 is 14.8 Å². The molecule has 1 N–H and O–H groups in total. The number of aromatic nitrogens is 2. The molecule has 148 valence electrons. The maximum atomic E-state index is 12.9. The van der Waals surface area contributed by atoms with Crippen molar-refractivity contribution in [3.8, 4) is 11.5 Å². The number of hydrogen-bond donors (Lipinski definition) is 1. The second-order valence-electron chi connectivity index (χ2n) is 7.19. The van der Waals surface area contributed by atoms with Crippen LogP contribution in [0.1, 0.15) is 60.3 Å². The molecule has 1 aromatic carbocycles. The zero-order valence-electron chi connectivity index (χ0n) is 16.6. The van der Waals surface area contributed by atoms with Gasteiger partial charge >= 0.3 is 0 Å². The Kier molecular flexibility index (Phi) is 5.07. The normalized spacial score (nSPS) is 17.0. The molecule has 1 amide bonds. The number of aryl methyl sites for hydroxylation is 1. The highest BCUT2D eigenvalue weighted by atomic mass is 16.5. The topological polar surface area (TPSA) is 77.7 Å². The van der Waals surface area contributed by atoms with Crippen LogP contribution in [0.4, 0.5) is 5.82 Å². The fraction of sp³-hybridized carbons (Fsp3) is 0.476. The Morgan fingerprint density at radius 3 is 2.68 bits per heavy atom. The molecule has 7 nitrogen and oxygen atoms in total. The molecule has 0 unspecified atom stereocenters. The Hall–Kier alpha value is -2.83. The van der Waals surface area contributed by atoms with Crippen LogP contribution in [0.5, 0.6) is 11.5 Å². The predicted octanol–water partition coefficient (Wildman–Crippen LogP) is 3.44. The minimum Gasteiger partial charge on any atom is -0.497 e. The number of amides is 1. The third-order valence-electron chi connectivity index (χ3n) is 5.56. The van der Waals surface area contributed by atoms with Crippen LogP contribution in [0.2, 0.25) is 0 Å². The number of nitrogens with one attached hydrogen (secondary N) is 1. The lowest BCUT2D eigenvalue weighted by Crippen LogP contribution is -2.28. The van der Waals surface area contributed by atoms with Crippen molar-refractivity contribution in [1.29, 1.82) is 0 Å². The molecule has 1 fully saturated rings. The number of fused-ring (bicyclic) bond motifs is 1. The van der Waals surface area contributed by atoms with Crippen molar-refractivity contribution in [3.05, 3.63) is 35.0 Å². The summed E-state index contributed by atoms with van der Waals surface area (Å²) in [5.74, 6) is 1.96. The van der Waals surface area contributed by atoms with Crippen molar-refractivity contribution < 1.29 is 14.3 Å². The lowest BCUT2D eigenvalue weighted by atomic mass is 10.1. The van der Waals surface area contributed by atoms with Crippen LogP contribution in [0.3, 0.4) is 0 Å². The first-order valence-corrected chi connectivity index (χ1v) is 9.85. The zero-order valence-corrected chi connectivity index (χ0v) is 16.6. The van der Waals surface area contributed by atoms with Gasteiger partial charge in [-0.1, -0.05) is 19.8 Å². The number of carbonyl (C=O) groups is 1. The Bertz CT molecular complexity index is 926. The maximum Gasteiger partial charge on any atom is 0.257 e. The van der Waals surface area contributed by atoms with Gasteiger partial charge in [0.15, 0.2) is 5.82 Å². The Balaban J connectivity index is 1.88. The first-order chi connectivity index (χ1) is 13.7. The molecule has 2 aromatic rings. The van der Waals surface area contributed by atoms with E-state index in [9.17, 15) is 4.79 Å². The maximum absolute atomic E-state index is 12.9. The number of methoxy groups -OCH3 is 2. The van der Waals surface area contributed by atoms with E-state index in [1.165, 1.54) is 12.8 Å². The number of benzene rings is 1. The van der Waals surface area contributed by atoms with Gasteiger partial charge in [0.05, 0.1) is 38.2 Å². The number of nitrogens with zero attached hydrogens (tertiary/aromatic N) is 3. The van der Waals surface area contributed by atoms with E-state index < -0.39 is 0 Å². The molecule has 4 rings (SSSR count). The van der Waals surface area contributed by atoms with E-state index in [1.54, 1.807) is 14.2 Å². The standard InChI is InChI=1S/C21H26N4O3/c1-4-16-19-20(25(24-16)13-7-5-6-8-13)23-17(12-22-21(19)26)15-11-14(27-2)9-10-18(15)28-3/h9-11,13H,4-8,12H2,1-3H3,(H,22,26). The summed E-state index contributed by atoms with van der Waals surface area (Å²) in [5, 5.41) is 7.78. The predicted molar refractivity (Wildman–Crippen MR) is 107 cm³/mol. The summed E-state index contributed by atoms with van der Waals surface area (Å²) in [5.41, 5.74) is 2.96. The molecule has 0 atom stereocenters. The number of ether oxygens (including phenoxy) is 2. The van der Waals surface area contributed by atoms with Gasteiger partial charge in [-0.3, -0.25) is 4.79 Å². The number of aliphatic imine (C=N–C) groups is 1. The first kappa shape index (κ1) is 18.5. The molecule has 28 heavy (non-hydrogen) atoms. The fourth-order valence-electron chi connectivity index (χ4n) is 4.08. The first-order valence-electron chi connectivity index (χ1n) is 9.85. The average molecular weight is 382 g/mol. The largest absolute Gasteiger partial charge is 0.497 e. The Labute approximate surface area is 164 Å². The molecular formula is C21H26N4O3. The van der Waals surface area contributed by atoms with Gasteiger partial charge in [-0.25, -0.2) is 9.67 Å². The van der Waals surface area contributed by atoms with Crippen molar-refractivity contribution in [2.75, 3.05) is 20.8 Å². The van der Waals surface area contributed by atoms with Crippen molar-refractivity contribution in [3.63, 3.8) is 0 Å². The van der Waals surface area contributed by atoms with E-state index in [1.807, 2.05) is 29.8 Å². The van der Waals surface area contributed by atoms with Crippen LogP contribution in [0.25, 0.3) is 0 Å². The highest BCUT2D eigenvalue weighted by Crippen LogP contribution is 2.37. The van der Waals surface area contributed by atoms with Crippen molar-refractivity contribution >= 4 is 17.4 Å². The van der Waals surface area contributed by atoms with E-state index in [-0.39, 0.29) is 5.91 Å². The van der Waals surface area contributed by atoms with Crippen LogP contribution in [-0.4, -0.2) is 42.2 Å². The fourth-order valence-corrected chi connectivity index (χ4v) is 4.08. The van der Waals surface area contributed by atoms with Crippen LogP contribution in [0.15, 0.2) is 23.2 Å². The molecule has 0 spiro atoms.